The average molecular weight is 231 g/mol. The van der Waals surface area contributed by atoms with Crippen LogP contribution in [0.25, 0.3) is 0 Å². The first-order valence-electron chi connectivity index (χ1n) is 6.88. The third-order valence-electron chi connectivity index (χ3n) is 3.73. The summed E-state index contributed by atoms with van der Waals surface area (Å²) >= 11 is 0. The lowest BCUT2D eigenvalue weighted by molar-refractivity contribution is 0.589. The Morgan fingerprint density at radius 2 is 1.76 bits per heavy atom. The monoisotopic (exact) mass is 231 g/mol. The minimum atomic E-state index is 0.249. The molecule has 2 rings (SSSR count). The maximum Gasteiger partial charge on any atom is 0.0342 e. The summed E-state index contributed by atoms with van der Waals surface area (Å²) in [4.78, 5) is 0. The zero-order valence-electron chi connectivity index (χ0n) is 11.6. The summed E-state index contributed by atoms with van der Waals surface area (Å²) in [5.41, 5.74) is 2.93. The van der Waals surface area contributed by atoms with Crippen LogP contribution in [0, 0.1) is 5.92 Å². The summed E-state index contributed by atoms with van der Waals surface area (Å²) < 4.78 is 0. The summed E-state index contributed by atoms with van der Waals surface area (Å²) in [7, 11) is 0. The molecule has 1 fully saturated rings. The van der Waals surface area contributed by atoms with Crippen molar-refractivity contribution in [2.24, 2.45) is 5.92 Å². The Morgan fingerprint density at radius 3 is 2.18 bits per heavy atom. The second kappa shape index (κ2) is 4.72. The molecular weight excluding hydrogens is 206 g/mol. The maximum absolute atomic E-state index is 3.67. The summed E-state index contributed by atoms with van der Waals surface area (Å²) in [6, 6.07) is 9.64. The lowest BCUT2D eigenvalue weighted by atomic mass is 9.87. The summed E-state index contributed by atoms with van der Waals surface area (Å²) in [6.45, 7) is 9.05. The third kappa shape index (κ3) is 3.24. The minimum Gasteiger partial charge on any atom is -0.382 e. The van der Waals surface area contributed by atoms with Gasteiger partial charge >= 0.3 is 0 Å². The first-order valence-corrected chi connectivity index (χ1v) is 6.88. The molecule has 1 unspecified atom stereocenters. The van der Waals surface area contributed by atoms with Crippen molar-refractivity contribution in [2.75, 3.05) is 5.32 Å². The number of benzene rings is 1. The van der Waals surface area contributed by atoms with Crippen LogP contribution in [-0.4, -0.2) is 6.04 Å². The van der Waals surface area contributed by atoms with Crippen LogP contribution in [0.3, 0.4) is 0 Å². The SMILES string of the molecule is CCC(Nc1ccc(C(C)(C)C)cc1)C1CC1. The summed E-state index contributed by atoms with van der Waals surface area (Å²) in [6.07, 6.45) is 4.04. The molecule has 1 heteroatoms. The highest BCUT2D eigenvalue weighted by Crippen LogP contribution is 2.35. The Balaban J connectivity index is 2.02. The molecule has 1 N–H and O–H groups in total. The van der Waals surface area contributed by atoms with Crippen molar-refractivity contribution in [3.8, 4) is 0 Å². The van der Waals surface area contributed by atoms with Gasteiger partial charge in [0, 0.05) is 11.7 Å². The Labute approximate surface area is 106 Å². The molecule has 0 spiro atoms. The van der Waals surface area contributed by atoms with Crippen molar-refractivity contribution in [1.29, 1.82) is 0 Å². The molecule has 1 aliphatic carbocycles. The molecule has 0 aromatic heterocycles. The predicted molar refractivity (Wildman–Crippen MR) is 75.6 cm³/mol. The van der Waals surface area contributed by atoms with E-state index in [0.717, 1.165) is 5.92 Å². The van der Waals surface area contributed by atoms with E-state index in [4.69, 9.17) is 0 Å². The topological polar surface area (TPSA) is 12.0 Å². The molecule has 0 bridgehead atoms. The molecule has 1 aromatic rings. The largest absolute Gasteiger partial charge is 0.382 e. The lowest BCUT2D eigenvalue weighted by Gasteiger charge is -2.21. The summed E-state index contributed by atoms with van der Waals surface area (Å²) in [5, 5.41) is 3.67. The Kier molecular flexibility index (Phi) is 3.46. The normalized spacial score (nSPS) is 17.9. The maximum atomic E-state index is 3.67. The van der Waals surface area contributed by atoms with E-state index in [1.54, 1.807) is 0 Å². The lowest BCUT2D eigenvalue weighted by Crippen LogP contribution is -2.20. The highest BCUT2D eigenvalue weighted by Gasteiger charge is 2.29. The van der Waals surface area contributed by atoms with Gasteiger partial charge in [-0.25, -0.2) is 0 Å². The molecule has 1 saturated carbocycles. The molecule has 1 aromatic carbocycles. The van der Waals surface area contributed by atoms with Gasteiger partial charge in [0.2, 0.25) is 0 Å². The summed E-state index contributed by atoms with van der Waals surface area (Å²) in [5.74, 6) is 0.919. The van der Waals surface area contributed by atoms with Crippen LogP contribution in [0.4, 0.5) is 5.69 Å². The number of anilines is 1. The number of rotatable bonds is 4. The standard InChI is InChI=1S/C16H25N/c1-5-15(12-6-7-12)17-14-10-8-13(9-11-14)16(2,3)4/h8-12,15,17H,5-7H2,1-4H3. The van der Waals surface area contributed by atoms with Gasteiger partial charge in [-0.3, -0.25) is 0 Å². The molecule has 0 amide bonds. The van der Waals surface area contributed by atoms with E-state index in [-0.39, 0.29) is 5.41 Å². The molecule has 0 aliphatic heterocycles. The van der Waals surface area contributed by atoms with Gasteiger partial charge in [0.1, 0.15) is 0 Å². The Bertz CT molecular complexity index is 354. The first-order chi connectivity index (χ1) is 8.00. The Morgan fingerprint density at radius 1 is 1.18 bits per heavy atom. The zero-order chi connectivity index (χ0) is 12.5. The van der Waals surface area contributed by atoms with Crippen molar-refractivity contribution >= 4 is 5.69 Å². The van der Waals surface area contributed by atoms with Gasteiger partial charge in [0.15, 0.2) is 0 Å². The van der Waals surface area contributed by atoms with Gasteiger partial charge in [-0.1, -0.05) is 39.8 Å². The van der Waals surface area contributed by atoms with Crippen molar-refractivity contribution < 1.29 is 0 Å². The molecule has 1 aliphatic rings. The van der Waals surface area contributed by atoms with E-state index in [0.29, 0.717) is 6.04 Å². The van der Waals surface area contributed by atoms with Crippen LogP contribution in [-0.2, 0) is 5.41 Å². The highest BCUT2D eigenvalue weighted by atomic mass is 14.9. The fourth-order valence-corrected chi connectivity index (χ4v) is 2.33. The Hall–Kier alpha value is -0.980. The molecule has 17 heavy (non-hydrogen) atoms. The molecule has 94 valence electrons. The van der Waals surface area contributed by atoms with Crippen molar-refractivity contribution in [1.82, 2.24) is 0 Å². The molecule has 0 saturated heterocycles. The van der Waals surface area contributed by atoms with Gasteiger partial charge in [0.05, 0.1) is 0 Å². The molecule has 1 atom stereocenters. The van der Waals surface area contributed by atoms with E-state index in [2.05, 4.69) is 57.3 Å². The average Bonchev–Trinajstić information content (AvgIpc) is 3.09. The molecule has 0 radical (unpaired) electrons. The second-order valence-electron chi connectivity index (χ2n) is 6.32. The smallest absolute Gasteiger partial charge is 0.0342 e. The highest BCUT2D eigenvalue weighted by molar-refractivity contribution is 5.46. The predicted octanol–water partition coefficient (Wildman–Crippen LogP) is 4.58. The van der Waals surface area contributed by atoms with Crippen LogP contribution in [0.5, 0.6) is 0 Å². The molecular formula is C16H25N. The van der Waals surface area contributed by atoms with E-state index < -0.39 is 0 Å². The molecule has 1 nitrogen and oxygen atoms in total. The van der Waals surface area contributed by atoms with Crippen LogP contribution < -0.4 is 5.32 Å². The molecule has 0 heterocycles. The fourth-order valence-electron chi connectivity index (χ4n) is 2.33. The van der Waals surface area contributed by atoms with Crippen molar-refractivity contribution in [3.63, 3.8) is 0 Å². The van der Waals surface area contributed by atoms with Gasteiger partial charge in [-0.2, -0.15) is 0 Å². The quantitative estimate of drug-likeness (QED) is 0.799. The van der Waals surface area contributed by atoms with E-state index >= 15 is 0 Å². The van der Waals surface area contributed by atoms with Gasteiger partial charge in [0.25, 0.3) is 0 Å². The van der Waals surface area contributed by atoms with E-state index in [1.807, 2.05) is 0 Å². The van der Waals surface area contributed by atoms with E-state index in [9.17, 15) is 0 Å². The van der Waals surface area contributed by atoms with Gasteiger partial charge in [-0.05, 0) is 48.3 Å². The number of hydrogen-bond acceptors (Lipinski definition) is 1. The van der Waals surface area contributed by atoms with Crippen molar-refractivity contribution in [3.05, 3.63) is 29.8 Å². The van der Waals surface area contributed by atoms with E-state index in [1.165, 1.54) is 30.5 Å². The zero-order valence-corrected chi connectivity index (χ0v) is 11.6. The first kappa shape index (κ1) is 12.5. The third-order valence-corrected chi connectivity index (χ3v) is 3.73. The van der Waals surface area contributed by atoms with Crippen LogP contribution in [0.15, 0.2) is 24.3 Å². The van der Waals surface area contributed by atoms with Gasteiger partial charge in [-0.15, -0.1) is 0 Å². The second-order valence-corrected chi connectivity index (χ2v) is 6.32. The van der Waals surface area contributed by atoms with Crippen LogP contribution in [0.1, 0.15) is 52.5 Å². The number of nitrogens with one attached hydrogen (secondary N) is 1. The minimum absolute atomic E-state index is 0.249. The van der Waals surface area contributed by atoms with Crippen molar-refractivity contribution in [2.45, 2.75) is 58.4 Å². The van der Waals surface area contributed by atoms with Crippen LogP contribution in [0.2, 0.25) is 0 Å². The number of hydrogen-bond donors (Lipinski definition) is 1. The van der Waals surface area contributed by atoms with Gasteiger partial charge < -0.3 is 5.32 Å². The fraction of sp³-hybridized carbons (Fsp3) is 0.625. The van der Waals surface area contributed by atoms with Crippen LogP contribution >= 0.6 is 0 Å².